The second-order valence-electron chi connectivity index (χ2n) is 8.54. The van der Waals surface area contributed by atoms with Gasteiger partial charge in [0.15, 0.2) is 0 Å². The van der Waals surface area contributed by atoms with Crippen molar-refractivity contribution < 1.29 is 17.7 Å². The summed E-state index contributed by atoms with van der Waals surface area (Å²) in [6, 6.07) is 14.6. The molecule has 1 aliphatic carbocycles. The fourth-order valence-electron chi connectivity index (χ4n) is 3.34. The van der Waals surface area contributed by atoms with Crippen molar-refractivity contribution in [1.29, 1.82) is 0 Å². The minimum atomic E-state index is -3.86. The molecule has 11 heteroatoms. The lowest BCUT2D eigenvalue weighted by Gasteiger charge is -2.12. The summed E-state index contributed by atoms with van der Waals surface area (Å²) in [5, 5.41) is 6.83. The summed E-state index contributed by atoms with van der Waals surface area (Å²) in [6.45, 7) is 1.91. The van der Waals surface area contributed by atoms with E-state index in [-0.39, 0.29) is 16.2 Å². The normalized spacial score (nSPS) is 14.3. The number of carbonyl (C=O) groups is 1. The maximum atomic E-state index is 12.9. The van der Waals surface area contributed by atoms with Crippen molar-refractivity contribution in [2.45, 2.75) is 24.7 Å². The summed E-state index contributed by atoms with van der Waals surface area (Å²) in [5.41, 5.74) is 1.81. The number of pyridine rings is 1. The highest BCUT2D eigenvalue weighted by Gasteiger charge is 2.44. The minimum absolute atomic E-state index is 0.0612. The summed E-state index contributed by atoms with van der Waals surface area (Å²) in [5.74, 6) is 0.563. The standard InChI is InChI=1S/C24H20BrN5O4S/c1-24(9-10-24)23(31)27-18-3-2-4-19(12-18)30-35(32,33)20-7-5-15(6-8-20)21-28-22(34-29-21)16-11-17(25)14-26-13-16/h2-8,11-14,30H,9-10H2,1H3,(H,27,31). The molecule has 1 saturated carbocycles. The average molecular weight is 554 g/mol. The maximum Gasteiger partial charge on any atom is 0.261 e. The van der Waals surface area contributed by atoms with Crippen molar-refractivity contribution >= 4 is 43.2 Å². The molecule has 0 atom stereocenters. The van der Waals surface area contributed by atoms with E-state index in [1.165, 1.54) is 12.1 Å². The zero-order valence-electron chi connectivity index (χ0n) is 18.5. The molecule has 2 heterocycles. The molecule has 2 aromatic carbocycles. The van der Waals surface area contributed by atoms with Gasteiger partial charge in [0.2, 0.25) is 11.7 Å². The van der Waals surface area contributed by atoms with Crippen LogP contribution in [0.5, 0.6) is 0 Å². The van der Waals surface area contributed by atoms with E-state index in [1.54, 1.807) is 54.9 Å². The van der Waals surface area contributed by atoms with E-state index < -0.39 is 10.0 Å². The Kier molecular flexibility index (Phi) is 5.89. The van der Waals surface area contributed by atoms with Crippen LogP contribution < -0.4 is 10.0 Å². The molecule has 0 aliphatic heterocycles. The molecule has 0 radical (unpaired) electrons. The monoisotopic (exact) mass is 553 g/mol. The lowest BCUT2D eigenvalue weighted by atomic mass is 10.1. The Balaban J connectivity index is 1.30. The average Bonchev–Trinajstić information content (AvgIpc) is 3.39. The van der Waals surface area contributed by atoms with Crippen LogP contribution in [0.15, 0.2) is 80.9 Å². The number of nitrogens with zero attached hydrogens (tertiary/aromatic N) is 3. The van der Waals surface area contributed by atoms with Gasteiger partial charge in [-0.15, -0.1) is 0 Å². The number of rotatable bonds is 7. The summed E-state index contributed by atoms with van der Waals surface area (Å²) in [7, 11) is -3.86. The van der Waals surface area contributed by atoms with Crippen molar-refractivity contribution in [3.8, 4) is 22.8 Å². The van der Waals surface area contributed by atoms with Crippen molar-refractivity contribution in [3.05, 3.63) is 71.5 Å². The second-order valence-corrected chi connectivity index (χ2v) is 11.1. The third kappa shape index (κ3) is 5.10. The first-order valence-electron chi connectivity index (χ1n) is 10.7. The van der Waals surface area contributed by atoms with Gasteiger partial charge in [-0.25, -0.2) is 8.42 Å². The van der Waals surface area contributed by atoms with Gasteiger partial charge in [-0.2, -0.15) is 4.98 Å². The number of sulfonamides is 1. The number of carbonyl (C=O) groups excluding carboxylic acids is 1. The topological polar surface area (TPSA) is 127 Å². The van der Waals surface area contributed by atoms with Crippen molar-refractivity contribution in [2.24, 2.45) is 5.41 Å². The molecular formula is C24H20BrN5O4S. The number of anilines is 2. The quantitative estimate of drug-likeness (QED) is 0.325. The fourth-order valence-corrected chi connectivity index (χ4v) is 4.76. The largest absolute Gasteiger partial charge is 0.334 e. The van der Waals surface area contributed by atoms with Crippen LogP contribution in [0.1, 0.15) is 19.8 Å². The van der Waals surface area contributed by atoms with E-state index in [0.717, 1.165) is 17.3 Å². The Morgan fingerprint density at radius 2 is 1.77 bits per heavy atom. The summed E-state index contributed by atoms with van der Waals surface area (Å²) in [6.07, 6.45) is 4.96. The van der Waals surface area contributed by atoms with Crippen LogP contribution in [0.2, 0.25) is 0 Å². The molecule has 0 spiro atoms. The van der Waals surface area contributed by atoms with E-state index in [4.69, 9.17) is 4.52 Å². The predicted molar refractivity (Wildman–Crippen MR) is 134 cm³/mol. The van der Waals surface area contributed by atoms with Gasteiger partial charge in [0.05, 0.1) is 16.1 Å². The van der Waals surface area contributed by atoms with Gasteiger partial charge >= 0.3 is 0 Å². The third-order valence-corrected chi connectivity index (χ3v) is 7.55. The molecule has 0 saturated heterocycles. The van der Waals surface area contributed by atoms with E-state index in [9.17, 15) is 13.2 Å². The molecule has 1 aliphatic rings. The smallest absolute Gasteiger partial charge is 0.261 e. The fraction of sp³-hybridized carbons (Fsp3) is 0.167. The van der Waals surface area contributed by atoms with Crippen LogP contribution in [-0.2, 0) is 14.8 Å². The number of amides is 1. The number of hydrogen-bond acceptors (Lipinski definition) is 7. The van der Waals surface area contributed by atoms with E-state index in [0.29, 0.717) is 34.2 Å². The second kappa shape index (κ2) is 8.90. The van der Waals surface area contributed by atoms with Gasteiger partial charge < -0.3 is 9.84 Å². The maximum absolute atomic E-state index is 12.9. The van der Waals surface area contributed by atoms with Gasteiger partial charge in [0.25, 0.3) is 15.9 Å². The first-order chi connectivity index (χ1) is 16.7. The van der Waals surface area contributed by atoms with Crippen molar-refractivity contribution in [3.63, 3.8) is 0 Å². The summed E-state index contributed by atoms with van der Waals surface area (Å²) < 4.78 is 34.5. The van der Waals surface area contributed by atoms with Crippen molar-refractivity contribution in [1.82, 2.24) is 15.1 Å². The first kappa shape index (κ1) is 23.2. The Morgan fingerprint density at radius 3 is 2.49 bits per heavy atom. The van der Waals surface area contributed by atoms with E-state index >= 15 is 0 Å². The van der Waals surface area contributed by atoms with Crippen LogP contribution in [0, 0.1) is 5.41 Å². The van der Waals surface area contributed by atoms with Gasteiger partial charge in [-0.05, 0) is 77.3 Å². The molecule has 1 fully saturated rings. The zero-order chi connectivity index (χ0) is 24.6. The Bertz CT molecular complexity index is 1510. The lowest BCUT2D eigenvalue weighted by Crippen LogP contribution is -2.21. The van der Waals surface area contributed by atoms with E-state index in [1.807, 2.05) is 6.92 Å². The highest BCUT2D eigenvalue weighted by molar-refractivity contribution is 9.10. The van der Waals surface area contributed by atoms with Crippen LogP contribution >= 0.6 is 15.9 Å². The lowest BCUT2D eigenvalue weighted by molar-refractivity contribution is -0.120. The van der Waals surface area contributed by atoms with Gasteiger partial charge in [-0.1, -0.05) is 18.1 Å². The SMILES string of the molecule is CC1(C(=O)Nc2cccc(NS(=O)(=O)c3ccc(-c4noc(-c5cncc(Br)c5)n4)cc3)c2)CC1. The van der Waals surface area contributed by atoms with E-state index in [2.05, 4.69) is 41.1 Å². The van der Waals surface area contributed by atoms with Crippen LogP contribution in [0.4, 0.5) is 11.4 Å². The highest BCUT2D eigenvalue weighted by atomic mass is 79.9. The molecular weight excluding hydrogens is 534 g/mol. The van der Waals surface area contributed by atoms with Crippen molar-refractivity contribution in [2.75, 3.05) is 10.0 Å². The highest BCUT2D eigenvalue weighted by Crippen LogP contribution is 2.45. The molecule has 0 bridgehead atoms. The molecule has 5 rings (SSSR count). The molecule has 2 N–H and O–H groups in total. The number of benzene rings is 2. The summed E-state index contributed by atoms with van der Waals surface area (Å²) >= 11 is 3.35. The molecule has 178 valence electrons. The molecule has 9 nitrogen and oxygen atoms in total. The minimum Gasteiger partial charge on any atom is -0.334 e. The van der Waals surface area contributed by atoms with Crippen LogP contribution in [0.3, 0.4) is 0 Å². The third-order valence-electron chi connectivity index (χ3n) is 5.72. The molecule has 1 amide bonds. The Morgan fingerprint density at radius 1 is 1.03 bits per heavy atom. The van der Waals surface area contributed by atoms with Crippen LogP contribution in [-0.4, -0.2) is 29.4 Å². The van der Waals surface area contributed by atoms with Gasteiger partial charge in [-0.3, -0.25) is 14.5 Å². The number of hydrogen-bond donors (Lipinski definition) is 2. The number of nitrogens with one attached hydrogen (secondary N) is 2. The van der Waals surface area contributed by atoms with Crippen LogP contribution in [0.25, 0.3) is 22.8 Å². The number of halogens is 1. The number of aromatic nitrogens is 3. The first-order valence-corrected chi connectivity index (χ1v) is 13.0. The van der Waals surface area contributed by atoms with Gasteiger partial charge in [0.1, 0.15) is 0 Å². The summed E-state index contributed by atoms with van der Waals surface area (Å²) in [4.78, 5) is 20.8. The Labute approximate surface area is 210 Å². The molecule has 35 heavy (non-hydrogen) atoms. The molecule has 2 aromatic heterocycles. The predicted octanol–water partition coefficient (Wildman–Crippen LogP) is 5.10. The Hall–Kier alpha value is -3.57. The van der Waals surface area contributed by atoms with Gasteiger partial charge in [0, 0.05) is 33.5 Å². The molecule has 4 aromatic rings. The molecule has 0 unspecified atom stereocenters. The zero-order valence-corrected chi connectivity index (χ0v) is 20.9.